The number of hydrogen-bond acceptors (Lipinski definition) is 7. The molecule has 0 aromatic heterocycles. The molecule has 13 heteroatoms. The number of carbonyl (C=O) groups excluding carboxylic acids is 2. The molecular weight excluding hydrogens is 687 g/mol. The number of benzene rings is 3. The molecule has 9 nitrogen and oxygen atoms in total. The number of nitrogens with zero attached hydrogens (tertiary/aromatic N) is 2. The number of rotatable bonds is 9. The summed E-state index contributed by atoms with van der Waals surface area (Å²) in [6, 6.07) is 21.1. The second-order valence-electron chi connectivity index (χ2n) is 13.8. The fourth-order valence-electron chi connectivity index (χ4n) is 7.28. The largest absolute Gasteiger partial charge is 0.471 e. The first kappa shape index (κ1) is 37.2. The Kier molecular flexibility index (Phi) is 11.4. The molecule has 274 valence electrons. The quantitative estimate of drug-likeness (QED) is 0.256. The zero-order chi connectivity index (χ0) is 36.3. The van der Waals surface area contributed by atoms with Gasteiger partial charge in [-0.25, -0.2) is 0 Å². The van der Waals surface area contributed by atoms with Crippen LogP contribution in [0.25, 0.3) is 0 Å². The zero-order valence-electron chi connectivity index (χ0n) is 28.3. The first-order valence-corrected chi connectivity index (χ1v) is 17.7. The van der Waals surface area contributed by atoms with Crippen molar-refractivity contribution in [2.24, 2.45) is 5.92 Å². The van der Waals surface area contributed by atoms with Crippen LogP contribution < -0.4 is 5.32 Å². The summed E-state index contributed by atoms with van der Waals surface area (Å²) in [6.07, 6.45) is -4.65. The molecule has 51 heavy (non-hydrogen) atoms. The molecule has 0 bridgehead atoms. The molecule has 3 saturated heterocycles. The molecule has 3 aromatic carbocycles. The summed E-state index contributed by atoms with van der Waals surface area (Å²) < 4.78 is 52.3. The zero-order valence-corrected chi connectivity index (χ0v) is 29.1. The molecule has 0 spiro atoms. The molecule has 0 unspecified atom stereocenters. The van der Waals surface area contributed by atoms with Crippen molar-refractivity contribution < 1.29 is 42.4 Å². The maximum absolute atomic E-state index is 13.0. The third kappa shape index (κ3) is 8.59. The van der Waals surface area contributed by atoms with Crippen LogP contribution in [0.3, 0.4) is 0 Å². The van der Waals surface area contributed by atoms with E-state index in [1.165, 1.54) is 0 Å². The maximum Gasteiger partial charge on any atom is 0.471 e. The highest BCUT2D eigenvalue weighted by atomic mass is 35.5. The number of aliphatic hydroxyl groups excluding tert-OH is 1. The molecule has 5 atom stereocenters. The van der Waals surface area contributed by atoms with E-state index in [1.807, 2.05) is 48.5 Å². The van der Waals surface area contributed by atoms with Crippen LogP contribution in [0.1, 0.15) is 72.8 Å². The molecule has 3 N–H and O–H groups in total. The minimum atomic E-state index is -5.03. The number of ether oxygens (including phenoxy) is 2. The van der Waals surface area contributed by atoms with Gasteiger partial charge in [-0.15, -0.1) is 0 Å². The van der Waals surface area contributed by atoms with E-state index < -0.39 is 35.9 Å². The van der Waals surface area contributed by atoms with Gasteiger partial charge in [-0.1, -0.05) is 79.2 Å². The van der Waals surface area contributed by atoms with Crippen LogP contribution in [0, 0.1) is 5.92 Å². The SMILES string of the molecule is C[C@@H]1[C@H](CN2CCC(O)(c3ccc(Cl)cc3)CC2)O[C@H](c2ccc(CNC(=O)[C@@H]3CCCN3C(=O)C(F)(F)F)cc2)O[C@@H]1c1ccc(CO)cc1. The van der Waals surface area contributed by atoms with E-state index in [4.69, 9.17) is 21.1 Å². The third-order valence-corrected chi connectivity index (χ3v) is 10.7. The van der Waals surface area contributed by atoms with Crippen molar-refractivity contribution in [3.05, 3.63) is 106 Å². The van der Waals surface area contributed by atoms with Gasteiger partial charge in [-0.05, 0) is 60.1 Å². The topological polar surface area (TPSA) is 112 Å². The van der Waals surface area contributed by atoms with Gasteiger partial charge in [0, 0.05) is 49.2 Å². The molecule has 6 rings (SSSR count). The third-order valence-electron chi connectivity index (χ3n) is 10.4. The van der Waals surface area contributed by atoms with Gasteiger partial charge in [0.05, 0.1) is 24.4 Å². The number of hydrogen-bond donors (Lipinski definition) is 3. The smallest absolute Gasteiger partial charge is 0.392 e. The molecule has 3 heterocycles. The van der Waals surface area contributed by atoms with Gasteiger partial charge in [-0.3, -0.25) is 9.59 Å². The van der Waals surface area contributed by atoms with Crippen molar-refractivity contribution in [1.29, 1.82) is 0 Å². The summed E-state index contributed by atoms with van der Waals surface area (Å²) in [6.45, 7) is 3.98. The van der Waals surface area contributed by atoms with Gasteiger partial charge in [0.15, 0.2) is 6.29 Å². The molecule has 3 aliphatic rings. The van der Waals surface area contributed by atoms with E-state index in [2.05, 4.69) is 17.1 Å². The van der Waals surface area contributed by atoms with Gasteiger partial charge in [0.25, 0.3) is 0 Å². The lowest BCUT2D eigenvalue weighted by Crippen LogP contribution is -2.50. The summed E-state index contributed by atoms with van der Waals surface area (Å²) in [5, 5.41) is 24.3. The summed E-state index contributed by atoms with van der Waals surface area (Å²) in [4.78, 5) is 27.5. The van der Waals surface area contributed by atoms with Crippen LogP contribution in [-0.2, 0) is 37.8 Å². The highest BCUT2D eigenvalue weighted by Crippen LogP contribution is 2.43. The van der Waals surface area contributed by atoms with E-state index >= 15 is 0 Å². The van der Waals surface area contributed by atoms with E-state index in [0.29, 0.717) is 48.8 Å². The standard InChI is InChI=1S/C38H43ClF3N3O6/c1-24-32(22-44-19-16-37(49,17-20-44)29-12-14-30(39)15-13-29)50-35(51-33(24)27-8-6-26(23-46)7-9-27)28-10-4-25(5-11-28)21-43-34(47)31-3-2-18-45(31)36(48)38(40,41)42/h4-15,24,31-33,35,46,49H,2-3,16-23H2,1H3,(H,43,47)/t24-,31+,32+,33+,35+/m1/s1. The van der Waals surface area contributed by atoms with Crippen molar-refractivity contribution in [2.75, 3.05) is 26.2 Å². The predicted octanol–water partition coefficient (Wildman–Crippen LogP) is 5.78. The summed E-state index contributed by atoms with van der Waals surface area (Å²) >= 11 is 6.07. The van der Waals surface area contributed by atoms with E-state index in [0.717, 1.165) is 27.8 Å². The van der Waals surface area contributed by atoms with Crippen LogP contribution in [-0.4, -0.2) is 76.3 Å². The summed E-state index contributed by atoms with van der Waals surface area (Å²) in [5.74, 6) is -2.65. The lowest BCUT2D eigenvalue weighted by Gasteiger charge is -2.45. The molecular formula is C38H43ClF3N3O6. The average molecular weight is 730 g/mol. The Balaban J connectivity index is 1.12. The molecule has 3 aliphatic heterocycles. The van der Waals surface area contributed by atoms with E-state index in [-0.39, 0.29) is 44.2 Å². The first-order valence-electron chi connectivity index (χ1n) is 17.3. The van der Waals surface area contributed by atoms with Crippen molar-refractivity contribution in [3.8, 4) is 0 Å². The number of aliphatic hydroxyl groups is 2. The van der Waals surface area contributed by atoms with Crippen LogP contribution in [0.5, 0.6) is 0 Å². The van der Waals surface area contributed by atoms with E-state index in [1.54, 1.807) is 24.3 Å². The Morgan fingerprint density at radius 3 is 2.18 bits per heavy atom. The highest BCUT2D eigenvalue weighted by Gasteiger charge is 2.47. The fourth-order valence-corrected chi connectivity index (χ4v) is 7.41. The average Bonchev–Trinajstić information content (AvgIpc) is 3.62. The first-order chi connectivity index (χ1) is 24.3. The second-order valence-corrected chi connectivity index (χ2v) is 14.2. The molecule has 2 amide bonds. The van der Waals surface area contributed by atoms with E-state index in [9.17, 15) is 33.0 Å². The van der Waals surface area contributed by atoms with Crippen molar-refractivity contribution >= 4 is 23.4 Å². The Morgan fingerprint density at radius 1 is 0.922 bits per heavy atom. The van der Waals surface area contributed by atoms with Crippen molar-refractivity contribution in [3.63, 3.8) is 0 Å². The number of amides is 2. The molecule has 3 aromatic rings. The number of piperidine rings is 1. The lowest BCUT2D eigenvalue weighted by atomic mass is 9.84. The lowest BCUT2D eigenvalue weighted by molar-refractivity contribution is -0.277. The Bertz CT molecular complexity index is 1650. The van der Waals surface area contributed by atoms with Crippen LogP contribution >= 0.6 is 11.6 Å². The highest BCUT2D eigenvalue weighted by molar-refractivity contribution is 6.30. The van der Waals surface area contributed by atoms with Gasteiger partial charge in [0.1, 0.15) is 6.04 Å². The summed E-state index contributed by atoms with van der Waals surface area (Å²) in [7, 11) is 0. The van der Waals surface area contributed by atoms with Crippen molar-refractivity contribution in [1.82, 2.24) is 15.1 Å². The molecule has 0 saturated carbocycles. The number of halogens is 4. The maximum atomic E-state index is 13.0. The Morgan fingerprint density at radius 2 is 1.55 bits per heavy atom. The van der Waals surface area contributed by atoms with Gasteiger partial charge >= 0.3 is 12.1 Å². The minimum Gasteiger partial charge on any atom is -0.392 e. The molecule has 3 fully saturated rings. The summed E-state index contributed by atoms with van der Waals surface area (Å²) in [5.41, 5.74) is 3.15. The van der Waals surface area contributed by atoms with Crippen molar-refractivity contribution in [2.45, 2.75) is 82.1 Å². The predicted molar refractivity (Wildman–Crippen MR) is 183 cm³/mol. The Hall–Kier alpha value is -3.52. The number of carbonyl (C=O) groups is 2. The minimum absolute atomic E-state index is 0.0350. The van der Waals surface area contributed by atoms with Crippen LogP contribution in [0.4, 0.5) is 13.2 Å². The molecule has 0 aliphatic carbocycles. The van der Waals surface area contributed by atoms with Crippen LogP contribution in [0.15, 0.2) is 72.8 Å². The normalized spacial score (nSPS) is 25.5. The fraction of sp³-hybridized carbons (Fsp3) is 0.474. The number of alkyl halides is 3. The Labute approximate surface area is 300 Å². The number of likely N-dealkylation sites (tertiary alicyclic amines) is 2. The monoisotopic (exact) mass is 729 g/mol. The van der Waals surface area contributed by atoms with Gasteiger partial charge < -0.3 is 34.8 Å². The van der Waals surface area contributed by atoms with Crippen LogP contribution in [0.2, 0.25) is 5.02 Å². The van der Waals surface area contributed by atoms with Gasteiger partial charge in [0.2, 0.25) is 5.91 Å². The second kappa shape index (κ2) is 15.6. The van der Waals surface area contributed by atoms with Gasteiger partial charge in [-0.2, -0.15) is 13.2 Å². The number of nitrogens with one attached hydrogen (secondary N) is 1. The molecule has 0 radical (unpaired) electrons.